The summed E-state index contributed by atoms with van der Waals surface area (Å²) in [4.78, 5) is 0. The maximum atomic E-state index is 5.95. The molecule has 0 radical (unpaired) electrons. The van der Waals surface area contributed by atoms with Crippen molar-refractivity contribution in [3.05, 3.63) is 42.0 Å². The minimum Gasteiger partial charge on any atom is -0.376 e. The van der Waals surface area contributed by atoms with Crippen molar-refractivity contribution in [3.8, 4) is 0 Å². The first-order chi connectivity index (χ1) is 12.5. The first-order valence-corrected chi connectivity index (χ1v) is 10.6. The lowest BCUT2D eigenvalue weighted by atomic mass is 9.75. The zero-order chi connectivity index (χ0) is 18.8. The van der Waals surface area contributed by atoms with Gasteiger partial charge in [0.15, 0.2) is 0 Å². The number of hydrogen-bond donors (Lipinski definition) is 1. The standard InChI is InChI=1S/C24H39NO/c1-20(2)12-13-22(23-15-18-26-24(3,4)19-23)14-17-25-16-8-11-21-9-6-5-7-10-21/h5-11,20,22-23,25H,12-19H2,1-4H3/p+1/b11-8+/t22-,23-/m1/s1. The van der Waals surface area contributed by atoms with Crippen molar-refractivity contribution in [2.45, 2.75) is 65.4 Å². The van der Waals surface area contributed by atoms with Gasteiger partial charge in [-0.2, -0.15) is 0 Å². The largest absolute Gasteiger partial charge is 0.376 e. The lowest BCUT2D eigenvalue weighted by Crippen LogP contribution is -2.84. The molecule has 2 rings (SSSR count). The molecule has 1 heterocycles. The van der Waals surface area contributed by atoms with Gasteiger partial charge in [-0.15, -0.1) is 0 Å². The Balaban J connectivity index is 1.76. The highest BCUT2D eigenvalue weighted by Gasteiger charge is 2.33. The molecule has 0 saturated carbocycles. The maximum absolute atomic E-state index is 5.95. The van der Waals surface area contributed by atoms with Crippen molar-refractivity contribution in [3.63, 3.8) is 0 Å². The molecule has 1 saturated heterocycles. The summed E-state index contributed by atoms with van der Waals surface area (Å²) in [7, 11) is 0. The molecule has 26 heavy (non-hydrogen) atoms. The van der Waals surface area contributed by atoms with Crippen molar-refractivity contribution in [2.75, 3.05) is 19.7 Å². The van der Waals surface area contributed by atoms with Crippen LogP contribution < -0.4 is 5.32 Å². The van der Waals surface area contributed by atoms with Crippen LogP contribution in [0.15, 0.2) is 36.4 Å². The third-order valence-corrected chi connectivity index (χ3v) is 5.67. The molecule has 0 amide bonds. The monoisotopic (exact) mass is 358 g/mol. The average Bonchev–Trinajstić information content (AvgIpc) is 2.60. The van der Waals surface area contributed by atoms with Crippen LogP contribution in [0.1, 0.15) is 65.4 Å². The molecule has 2 heteroatoms. The summed E-state index contributed by atoms with van der Waals surface area (Å²) >= 11 is 0. The summed E-state index contributed by atoms with van der Waals surface area (Å²) in [6.07, 6.45) is 11.1. The molecule has 1 aliphatic heterocycles. The lowest BCUT2D eigenvalue weighted by Gasteiger charge is -2.39. The molecule has 2 nitrogen and oxygen atoms in total. The van der Waals surface area contributed by atoms with Crippen LogP contribution in [0.5, 0.6) is 0 Å². The SMILES string of the molecule is CC(C)CC[C@H](CC[NH2+]C/C=C/c1ccccc1)[C@@H]1CCOC(C)(C)C1. The second-order valence-corrected chi connectivity index (χ2v) is 9.01. The molecule has 1 aromatic carbocycles. The highest BCUT2D eigenvalue weighted by Crippen LogP contribution is 2.36. The Bertz CT molecular complexity index is 520. The smallest absolute Gasteiger partial charge is 0.0945 e. The molecule has 0 aromatic heterocycles. The Morgan fingerprint density at radius 2 is 1.92 bits per heavy atom. The van der Waals surface area contributed by atoms with E-state index in [0.29, 0.717) is 0 Å². The molecule has 0 aliphatic carbocycles. The van der Waals surface area contributed by atoms with Crippen molar-refractivity contribution in [1.82, 2.24) is 0 Å². The van der Waals surface area contributed by atoms with E-state index in [9.17, 15) is 0 Å². The molecule has 1 fully saturated rings. The van der Waals surface area contributed by atoms with Crippen LogP contribution in [-0.4, -0.2) is 25.3 Å². The van der Waals surface area contributed by atoms with Gasteiger partial charge < -0.3 is 10.1 Å². The van der Waals surface area contributed by atoms with Crippen LogP contribution in [0.25, 0.3) is 6.08 Å². The molecule has 2 atom stereocenters. The van der Waals surface area contributed by atoms with Gasteiger partial charge in [0.2, 0.25) is 0 Å². The van der Waals surface area contributed by atoms with Crippen molar-refractivity contribution >= 4 is 6.08 Å². The van der Waals surface area contributed by atoms with Gasteiger partial charge in [0.25, 0.3) is 0 Å². The molecule has 2 N–H and O–H groups in total. The molecule has 0 unspecified atom stereocenters. The van der Waals surface area contributed by atoms with Gasteiger partial charge in [-0.1, -0.05) is 56.7 Å². The van der Waals surface area contributed by atoms with Crippen LogP contribution in [0.2, 0.25) is 0 Å². The third kappa shape index (κ3) is 8.05. The summed E-state index contributed by atoms with van der Waals surface area (Å²) in [6, 6.07) is 10.6. The fourth-order valence-corrected chi connectivity index (χ4v) is 4.16. The van der Waals surface area contributed by atoms with Crippen LogP contribution >= 0.6 is 0 Å². The zero-order valence-corrected chi connectivity index (χ0v) is 17.4. The van der Waals surface area contributed by atoms with Gasteiger partial charge in [0, 0.05) is 6.61 Å². The van der Waals surface area contributed by atoms with E-state index in [0.717, 1.165) is 30.9 Å². The van der Waals surface area contributed by atoms with Crippen LogP contribution in [0.3, 0.4) is 0 Å². The fourth-order valence-electron chi connectivity index (χ4n) is 4.16. The number of rotatable bonds is 10. The van der Waals surface area contributed by atoms with Crippen molar-refractivity contribution in [1.29, 1.82) is 0 Å². The molecule has 0 spiro atoms. The number of quaternary nitrogens is 1. The third-order valence-electron chi connectivity index (χ3n) is 5.67. The van der Waals surface area contributed by atoms with E-state index in [-0.39, 0.29) is 5.60 Å². The van der Waals surface area contributed by atoms with Gasteiger partial charge in [0.1, 0.15) is 0 Å². The minimum atomic E-state index is 0.0706. The van der Waals surface area contributed by atoms with Gasteiger partial charge in [-0.3, -0.25) is 0 Å². The van der Waals surface area contributed by atoms with E-state index < -0.39 is 0 Å². The van der Waals surface area contributed by atoms with Crippen molar-refractivity contribution < 1.29 is 10.1 Å². The highest BCUT2D eigenvalue weighted by atomic mass is 16.5. The Hall–Kier alpha value is -1.12. The van der Waals surface area contributed by atoms with Crippen LogP contribution in [0, 0.1) is 17.8 Å². The minimum absolute atomic E-state index is 0.0706. The maximum Gasteiger partial charge on any atom is 0.0945 e. The molecule has 1 aromatic rings. The first-order valence-electron chi connectivity index (χ1n) is 10.6. The molecular formula is C24H40NO+. The number of benzene rings is 1. The summed E-state index contributed by atoms with van der Waals surface area (Å²) in [5.41, 5.74) is 1.36. The normalized spacial score (nSPS) is 21.3. The van der Waals surface area contributed by atoms with E-state index in [1.807, 2.05) is 0 Å². The Kier molecular flexibility index (Phi) is 8.87. The Morgan fingerprint density at radius 1 is 1.15 bits per heavy atom. The van der Waals surface area contributed by atoms with Crippen LogP contribution in [0.4, 0.5) is 0 Å². The number of nitrogens with two attached hydrogens (primary N) is 1. The summed E-state index contributed by atoms with van der Waals surface area (Å²) in [6.45, 7) is 12.5. The Labute approximate surface area is 161 Å². The second kappa shape index (κ2) is 10.9. The van der Waals surface area contributed by atoms with Gasteiger partial charge in [-0.25, -0.2) is 0 Å². The first kappa shape index (κ1) is 21.2. The highest BCUT2D eigenvalue weighted by molar-refractivity contribution is 5.48. The quantitative estimate of drug-likeness (QED) is 0.591. The summed E-state index contributed by atoms with van der Waals surface area (Å²) in [5.74, 6) is 2.50. The zero-order valence-electron chi connectivity index (χ0n) is 17.4. The molecular weight excluding hydrogens is 318 g/mol. The second-order valence-electron chi connectivity index (χ2n) is 9.01. The molecule has 1 aliphatic rings. The lowest BCUT2D eigenvalue weighted by molar-refractivity contribution is -0.647. The van der Waals surface area contributed by atoms with E-state index in [2.05, 4.69) is 75.5 Å². The van der Waals surface area contributed by atoms with E-state index in [1.54, 1.807) is 0 Å². The average molecular weight is 359 g/mol. The van der Waals surface area contributed by atoms with Gasteiger partial charge in [-0.05, 0) is 68.9 Å². The predicted molar refractivity (Wildman–Crippen MR) is 112 cm³/mol. The van der Waals surface area contributed by atoms with Gasteiger partial charge in [0.05, 0.1) is 18.7 Å². The van der Waals surface area contributed by atoms with E-state index in [1.165, 1.54) is 44.2 Å². The fraction of sp³-hybridized carbons (Fsp3) is 0.667. The molecule has 146 valence electrons. The van der Waals surface area contributed by atoms with E-state index in [4.69, 9.17) is 4.74 Å². The van der Waals surface area contributed by atoms with Gasteiger partial charge >= 0.3 is 0 Å². The Morgan fingerprint density at radius 3 is 2.62 bits per heavy atom. The number of ether oxygens (including phenoxy) is 1. The van der Waals surface area contributed by atoms with Crippen LogP contribution in [-0.2, 0) is 4.74 Å². The summed E-state index contributed by atoms with van der Waals surface area (Å²) in [5, 5.41) is 2.46. The topological polar surface area (TPSA) is 25.8 Å². The van der Waals surface area contributed by atoms with Crippen molar-refractivity contribution in [2.24, 2.45) is 17.8 Å². The van der Waals surface area contributed by atoms with E-state index >= 15 is 0 Å². The molecule has 0 bridgehead atoms. The number of hydrogen-bond acceptors (Lipinski definition) is 1. The summed E-state index contributed by atoms with van der Waals surface area (Å²) < 4.78 is 5.95. The predicted octanol–water partition coefficient (Wildman–Crippen LogP) is 4.91.